The first-order valence-electron chi connectivity index (χ1n) is 12.2. The fourth-order valence-electron chi connectivity index (χ4n) is 6.48. The third-order valence-electron chi connectivity index (χ3n) is 8.08. The molecule has 3 saturated carbocycles. The van der Waals surface area contributed by atoms with Crippen LogP contribution < -0.4 is 0 Å². The molecule has 8 rings (SSSR count). The van der Waals surface area contributed by atoms with Crippen LogP contribution in [0.4, 0.5) is 0 Å². The highest BCUT2D eigenvalue weighted by Crippen LogP contribution is 2.52. The number of pyridine rings is 2. The maximum absolute atomic E-state index is 12.5. The van der Waals surface area contributed by atoms with Crippen LogP contribution in [-0.4, -0.2) is 40.6 Å². The van der Waals surface area contributed by atoms with Gasteiger partial charge in [-0.1, -0.05) is 11.6 Å². The van der Waals surface area contributed by atoms with Crippen molar-refractivity contribution >= 4 is 39.6 Å². The molecule has 0 saturated heterocycles. The largest absolute Gasteiger partial charge is 0.481 e. The zero-order valence-corrected chi connectivity index (χ0v) is 20.1. The molecule has 5 heterocycles. The first-order chi connectivity index (χ1) is 17.6. The zero-order chi connectivity index (χ0) is 24.4. The molecule has 5 aromatic rings. The number of aromatic nitrogens is 6. The molecule has 0 spiro atoms. The average molecular weight is 499 g/mol. The summed E-state index contributed by atoms with van der Waals surface area (Å²) in [6.45, 7) is 0. The van der Waals surface area contributed by atoms with E-state index >= 15 is 0 Å². The minimum atomic E-state index is -0.715. The molecule has 0 aliphatic heterocycles. The van der Waals surface area contributed by atoms with Crippen molar-refractivity contribution in [2.75, 3.05) is 0 Å². The van der Waals surface area contributed by atoms with Crippen molar-refractivity contribution in [1.82, 2.24) is 29.5 Å². The lowest BCUT2D eigenvalue weighted by molar-refractivity contribution is -0.151. The number of hydrogen-bond donors (Lipinski definition) is 2. The predicted molar refractivity (Wildman–Crippen MR) is 136 cm³/mol. The van der Waals surface area contributed by atoms with Gasteiger partial charge in [0.2, 0.25) is 0 Å². The Morgan fingerprint density at radius 3 is 2.58 bits per heavy atom. The van der Waals surface area contributed by atoms with Crippen LogP contribution in [0.1, 0.15) is 31.7 Å². The standard InChI is InChI=1S/C27H23ClN6O2/c28-17-9-18-19(11-31-24(18)30-10-17)25-32-12-20-21(14-5-7-29-8-6-14)13-34(26(20)33-25)23-16-3-1-15(2-4-16)22(23)27(35)36/h5-13,15-16,22-23H,1-4H2,(H,30,31)(H,35,36). The molecular weight excluding hydrogens is 476 g/mol. The Labute approximate surface area is 211 Å². The summed E-state index contributed by atoms with van der Waals surface area (Å²) < 4.78 is 2.13. The lowest BCUT2D eigenvalue weighted by Crippen LogP contribution is -2.44. The second-order valence-electron chi connectivity index (χ2n) is 9.90. The van der Waals surface area contributed by atoms with Gasteiger partial charge in [-0.2, -0.15) is 0 Å². The number of hydrogen-bond acceptors (Lipinski definition) is 5. The van der Waals surface area contributed by atoms with Crippen LogP contribution in [0, 0.1) is 17.8 Å². The number of fused-ring (bicyclic) bond motifs is 5. The van der Waals surface area contributed by atoms with Crippen LogP contribution in [0.15, 0.2) is 55.4 Å². The van der Waals surface area contributed by atoms with Gasteiger partial charge in [-0.25, -0.2) is 15.0 Å². The third kappa shape index (κ3) is 3.24. The Kier molecular flexibility index (Phi) is 4.86. The van der Waals surface area contributed by atoms with E-state index in [-0.39, 0.29) is 12.0 Å². The van der Waals surface area contributed by atoms with Gasteiger partial charge in [0.15, 0.2) is 5.82 Å². The molecule has 180 valence electrons. The fraction of sp³-hybridized carbons (Fsp3) is 0.296. The summed E-state index contributed by atoms with van der Waals surface area (Å²) in [5.74, 6) is -0.0820. The van der Waals surface area contributed by atoms with E-state index in [0.717, 1.165) is 58.8 Å². The van der Waals surface area contributed by atoms with Crippen LogP contribution in [0.5, 0.6) is 0 Å². The van der Waals surface area contributed by atoms with Crippen LogP contribution in [0.3, 0.4) is 0 Å². The number of aliphatic carboxylic acids is 1. The number of nitrogens with one attached hydrogen (secondary N) is 1. The molecule has 3 fully saturated rings. The highest BCUT2D eigenvalue weighted by Gasteiger charge is 2.48. The summed E-state index contributed by atoms with van der Waals surface area (Å²) in [6, 6.07) is 5.63. The molecule has 8 nitrogen and oxygen atoms in total. The Balaban J connectivity index is 1.47. The Morgan fingerprint density at radius 2 is 1.81 bits per heavy atom. The van der Waals surface area contributed by atoms with Crippen molar-refractivity contribution in [3.8, 4) is 22.5 Å². The van der Waals surface area contributed by atoms with Gasteiger partial charge < -0.3 is 14.7 Å². The number of rotatable bonds is 4. The fourth-order valence-corrected chi connectivity index (χ4v) is 6.63. The number of aromatic amines is 1. The molecule has 2 unspecified atom stereocenters. The van der Waals surface area contributed by atoms with E-state index in [1.807, 2.05) is 30.6 Å². The number of carbonyl (C=O) groups is 1. The number of carboxylic acid groups (broad SMARTS) is 1. The van der Waals surface area contributed by atoms with Crippen molar-refractivity contribution in [2.24, 2.45) is 17.8 Å². The molecule has 2 bridgehead atoms. The smallest absolute Gasteiger partial charge is 0.308 e. The molecule has 9 heteroatoms. The van der Waals surface area contributed by atoms with Gasteiger partial charge in [-0.3, -0.25) is 9.78 Å². The summed E-state index contributed by atoms with van der Waals surface area (Å²) in [4.78, 5) is 34.0. The van der Waals surface area contributed by atoms with E-state index in [2.05, 4.69) is 25.7 Å². The molecule has 3 aliphatic carbocycles. The van der Waals surface area contributed by atoms with E-state index in [1.54, 1.807) is 18.6 Å². The molecule has 5 aromatic heterocycles. The second-order valence-corrected chi connectivity index (χ2v) is 10.3. The van der Waals surface area contributed by atoms with Gasteiger partial charge >= 0.3 is 5.97 Å². The molecule has 2 N–H and O–H groups in total. The summed E-state index contributed by atoms with van der Waals surface area (Å²) in [6.07, 6.45) is 15.0. The van der Waals surface area contributed by atoms with Crippen molar-refractivity contribution in [3.63, 3.8) is 0 Å². The van der Waals surface area contributed by atoms with E-state index in [4.69, 9.17) is 21.6 Å². The first-order valence-corrected chi connectivity index (χ1v) is 12.6. The van der Waals surface area contributed by atoms with Gasteiger partial charge in [0.25, 0.3) is 0 Å². The van der Waals surface area contributed by atoms with Crippen LogP contribution in [0.2, 0.25) is 5.02 Å². The molecular formula is C27H23ClN6O2. The maximum Gasteiger partial charge on any atom is 0.308 e. The molecule has 0 amide bonds. The summed E-state index contributed by atoms with van der Waals surface area (Å²) in [7, 11) is 0. The molecule has 0 radical (unpaired) electrons. The van der Waals surface area contributed by atoms with Crippen molar-refractivity contribution < 1.29 is 9.90 Å². The number of H-pyrrole nitrogens is 1. The summed E-state index contributed by atoms with van der Waals surface area (Å²) in [5.41, 5.74) is 4.25. The number of halogens is 1. The number of nitrogens with zero attached hydrogens (tertiary/aromatic N) is 5. The normalized spacial score (nSPS) is 23.5. The van der Waals surface area contributed by atoms with E-state index < -0.39 is 11.9 Å². The predicted octanol–water partition coefficient (Wildman–Crippen LogP) is 5.75. The average Bonchev–Trinajstić information content (AvgIpc) is 3.50. The Hall–Kier alpha value is -3.78. The molecule has 36 heavy (non-hydrogen) atoms. The Morgan fingerprint density at radius 1 is 1.03 bits per heavy atom. The maximum atomic E-state index is 12.5. The topological polar surface area (TPSA) is 110 Å². The van der Waals surface area contributed by atoms with Gasteiger partial charge in [0, 0.05) is 59.1 Å². The Bertz CT molecular complexity index is 1620. The lowest BCUT2D eigenvalue weighted by Gasteiger charge is -2.47. The minimum absolute atomic E-state index is 0.144. The van der Waals surface area contributed by atoms with Crippen LogP contribution in [0.25, 0.3) is 44.6 Å². The molecule has 3 aliphatic rings. The van der Waals surface area contributed by atoms with Crippen molar-refractivity contribution in [2.45, 2.75) is 31.7 Å². The summed E-state index contributed by atoms with van der Waals surface area (Å²) >= 11 is 6.23. The van der Waals surface area contributed by atoms with Gasteiger partial charge in [0.05, 0.1) is 17.0 Å². The van der Waals surface area contributed by atoms with E-state index in [9.17, 15) is 9.90 Å². The van der Waals surface area contributed by atoms with Gasteiger partial charge in [0.1, 0.15) is 11.3 Å². The second kappa shape index (κ2) is 8.13. The van der Waals surface area contributed by atoms with Crippen molar-refractivity contribution in [3.05, 3.63) is 60.4 Å². The quantitative estimate of drug-likeness (QED) is 0.326. The molecule has 0 aromatic carbocycles. The first kappa shape index (κ1) is 21.5. The lowest BCUT2D eigenvalue weighted by atomic mass is 9.61. The SMILES string of the molecule is O=C(O)C1C2CCC(CC2)C1n1cc(-c2ccncc2)c2cnc(-c3c[nH]c4ncc(Cl)cc34)nc21. The van der Waals surface area contributed by atoms with Gasteiger partial charge in [-0.15, -0.1) is 0 Å². The minimum Gasteiger partial charge on any atom is -0.481 e. The van der Waals surface area contributed by atoms with Crippen LogP contribution in [-0.2, 0) is 4.79 Å². The summed E-state index contributed by atoms with van der Waals surface area (Å²) in [5, 5.41) is 12.5. The van der Waals surface area contributed by atoms with Crippen molar-refractivity contribution in [1.29, 1.82) is 0 Å². The van der Waals surface area contributed by atoms with Gasteiger partial charge in [-0.05, 0) is 61.3 Å². The highest BCUT2D eigenvalue weighted by atomic mass is 35.5. The zero-order valence-electron chi connectivity index (χ0n) is 19.3. The monoisotopic (exact) mass is 498 g/mol. The third-order valence-corrected chi connectivity index (χ3v) is 8.29. The van der Waals surface area contributed by atoms with E-state index in [0.29, 0.717) is 22.4 Å². The molecule has 2 atom stereocenters. The van der Waals surface area contributed by atoms with E-state index in [1.165, 1.54) is 0 Å². The number of carboxylic acids is 1. The van der Waals surface area contributed by atoms with Crippen LogP contribution >= 0.6 is 11.6 Å². The highest BCUT2D eigenvalue weighted by molar-refractivity contribution is 6.31.